The SMILES string of the molecule is CCOC(=O)C1=C(CSc2nc(C)c(C)n2CC(C)C)NC(=O)NC1c1ccccc1. The Labute approximate surface area is 187 Å². The molecule has 31 heavy (non-hydrogen) atoms. The van der Waals surface area contributed by atoms with E-state index in [1.807, 2.05) is 37.3 Å². The molecule has 1 unspecified atom stereocenters. The summed E-state index contributed by atoms with van der Waals surface area (Å²) in [5.41, 5.74) is 3.92. The number of benzene rings is 1. The van der Waals surface area contributed by atoms with Gasteiger partial charge in [0, 0.05) is 23.7 Å². The maximum absolute atomic E-state index is 12.9. The Balaban J connectivity index is 1.97. The van der Waals surface area contributed by atoms with Gasteiger partial charge in [0.25, 0.3) is 0 Å². The number of carbonyl (C=O) groups is 2. The van der Waals surface area contributed by atoms with E-state index in [4.69, 9.17) is 9.72 Å². The average molecular weight is 443 g/mol. The van der Waals surface area contributed by atoms with Crippen LogP contribution in [-0.2, 0) is 16.1 Å². The minimum atomic E-state index is -0.566. The fourth-order valence-corrected chi connectivity index (χ4v) is 4.60. The number of urea groups is 1. The molecule has 0 spiro atoms. The van der Waals surface area contributed by atoms with Crippen molar-refractivity contribution in [3.8, 4) is 0 Å². The van der Waals surface area contributed by atoms with Crippen LogP contribution in [-0.4, -0.2) is 33.9 Å². The van der Waals surface area contributed by atoms with E-state index in [2.05, 4.69) is 36.0 Å². The number of nitrogens with one attached hydrogen (secondary N) is 2. The maximum atomic E-state index is 12.9. The molecule has 2 aromatic rings. The van der Waals surface area contributed by atoms with Crippen LogP contribution in [0.3, 0.4) is 0 Å². The standard InChI is InChI=1S/C23H30N4O3S/c1-6-30-21(28)19-18(25-22(29)26-20(19)17-10-8-7-9-11-17)13-31-23-24-15(4)16(5)27(23)12-14(2)3/h7-11,14,20H,6,12-13H2,1-5H3,(H2,25,26,29). The van der Waals surface area contributed by atoms with Gasteiger partial charge in [-0.25, -0.2) is 14.6 Å². The molecular formula is C23H30N4O3S. The number of esters is 1. The topological polar surface area (TPSA) is 85.2 Å². The molecule has 0 aliphatic carbocycles. The highest BCUT2D eigenvalue weighted by Gasteiger charge is 2.33. The van der Waals surface area contributed by atoms with Gasteiger partial charge in [0.2, 0.25) is 0 Å². The molecule has 2 heterocycles. The van der Waals surface area contributed by atoms with Gasteiger partial charge in [-0.05, 0) is 32.3 Å². The molecule has 1 aromatic carbocycles. The van der Waals surface area contributed by atoms with Crippen molar-refractivity contribution in [1.82, 2.24) is 20.2 Å². The number of rotatable bonds is 8. The van der Waals surface area contributed by atoms with E-state index in [-0.39, 0.29) is 12.6 Å². The number of hydrogen-bond acceptors (Lipinski definition) is 5. The van der Waals surface area contributed by atoms with Gasteiger partial charge in [0.15, 0.2) is 5.16 Å². The lowest BCUT2D eigenvalue weighted by molar-refractivity contribution is -0.139. The number of carbonyl (C=O) groups excluding carboxylic acids is 2. The monoisotopic (exact) mass is 442 g/mol. The minimum absolute atomic E-state index is 0.259. The smallest absolute Gasteiger partial charge is 0.338 e. The van der Waals surface area contributed by atoms with Crippen LogP contribution < -0.4 is 10.6 Å². The molecule has 0 saturated heterocycles. The van der Waals surface area contributed by atoms with Gasteiger partial charge in [-0.1, -0.05) is 55.9 Å². The Kier molecular flexibility index (Phi) is 7.43. The van der Waals surface area contributed by atoms with Gasteiger partial charge in [-0.15, -0.1) is 0 Å². The number of ether oxygens (including phenoxy) is 1. The first-order valence-electron chi connectivity index (χ1n) is 10.5. The van der Waals surface area contributed by atoms with Crippen LogP contribution in [0.1, 0.15) is 43.8 Å². The fourth-order valence-electron chi connectivity index (χ4n) is 3.53. The lowest BCUT2D eigenvalue weighted by atomic mass is 9.95. The van der Waals surface area contributed by atoms with E-state index in [1.165, 1.54) is 11.8 Å². The summed E-state index contributed by atoms with van der Waals surface area (Å²) < 4.78 is 7.53. The molecule has 0 saturated carbocycles. The van der Waals surface area contributed by atoms with Gasteiger partial charge < -0.3 is 19.9 Å². The minimum Gasteiger partial charge on any atom is -0.463 e. The number of aryl methyl sites for hydroxylation is 1. The van der Waals surface area contributed by atoms with E-state index in [1.54, 1.807) is 6.92 Å². The molecular weight excluding hydrogens is 412 g/mol. The quantitative estimate of drug-likeness (QED) is 0.475. The third kappa shape index (κ3) is 5.31. The van der Waals surface area contributed by atoms with Gasteiger partial charge in [-0.2, -0.15) is 0 Å². The molecule has 2 amide bonds. The molecule has 1 aromatic heterocycles. The zero-order valence-electron chi connectivity index (χ0n) is 18.7. The van der Waals surface area contributed by atoms with Crippen LogP contribution in [0.15, 0.2) is 46.8 Å². The molecule has 0 radical (unpaired) electrons. The zero-order valence-corrected chi connectivity index (χ0v) is 19.5. The second-order valence-corrected chi connectivity index (χ2v) is 8.86. The van der Waals surface area contributed by atoms with Crippen molar-refractivity contribution in [2.45, 2.75) is 52.4 Å². The Morgan fingerprint density at radius 3 is 2.61 bits per heavy atom. The Morgan fingerprint density at radius 1 is 1.26 bits per heavy atom. The second-order valence-electron chi connectivity index (χ2n) is 7.91. The molecule has 0 bridgehead atoms. The molecule has 1 aliphatic heterocycles. The predicted molar refractivity (Wildman–Crippen MR) is 122 cm³/mol. The number of nitrogens with zero attached hydrogens (tertiary/aromatic N) is 2. The molecule has 1 aliphatic rings. The summed E-state index contributed by atoms with van der Waals surface area (Å²) in [6.07, 6.45) is 0. The molecule has 7 nitrogen and oxygen atoms in total. The Morgan fingerprint density at radius 2 is 1.97 bits per heavy atom. The summed E-state index contributed by atoms with van der Waals surface area (Å²) in [5, 5.41) is 6.57. The van der Waals surface area contributed by atoms with Crippen LogP contribution in [0.2, 0.25) is 0 Å². The van der Waals surface area contributed by atoms with Crippen LogP contribution in [0.5, 0.6) is 0 Å². The van der Waals surface area contributed by atoms with E-state index >= 15 is 0 Å². The largest absolute Gasteiger partial charge is 0.463 e. The highest BCUT2D eigenvalue weighted by Crippen LogP contribution is 2.31. The average Bonchev–Trinajstić information content (AvgIpc) is 2.99. The van der Waals surface area contributed by atoms with Crippen molar-refractivity contribution in [1.29, 1.82) is 0 Å². The molecule has 0 fully saturated rings. The second kappa shape index (κ2) is 10.0. The number of amides is 2. The first-order valence-corrected chi connectivity index (χ1v) is 11.5. The van der Waals surface area contributed by atoms with Gasteiger partial charge in [0.1, 0.15) is 0 Å². The van der Waals surface area contributed by atoms with Crippen molar-refractivity contribution in [3.05, 3.63) is 58.6 Å². The summed E-state index contributed by atoms with van der Waals surface area (Å²) in [7, 11) is 0. The normalized spacial score (nSPS) is 16.3. The van der Waals surface area contributed by atoms with Crippen molar-refractivity contribution >= 4 is 23.8 Å². The molecule has 3 rings (SSSR count). The van der Waals surface area contributed by atoms with E-state index < -0.39 is 12.0 Å². The lowest BCUT2D eigenvalue weighted by Crippen LogP contribution is -2.46. The fraction of sp³-hybridized carbons (Fsp3) is 0.435. The number of thioether (sulfide) groups is 1. The summed E-state index contributed by atoms with van der Waals surface area (Å²) in [6.45, 7) is 11.3. The summed E-state index contributed by atoms with van der Waals surface area (Å²) in [5.74, 6) is 0.443. The van der Waals surface area contributed by atoms with Gasteiger partial charge >= 0.3 is 12.0 Å². The van der Waals surface area contributed by atoms with Crippen LogP contribution in [0.4, 0.5) is 4.79 Å². The van der Waals surface area contributed by atoms with Crippen LogP contribution in [0.25, 0.3) is 0 Å². The predicted octanol–water partition coefficient (Wildman–Crippen LogP) is 4.12. The van der Waals surface area contributed by atoms with Crippen molar-refractivity contribution < 1.29 is 14.3 Å². The molecule has 166 valence electrons. The number of aromatic nitrogens is 2. The molecule has 1 atom stereocenters. The van der Waals surface area contributed by atoms with Crippen molar-refractivity contribution in [2.24, 2.45) is 5.92 Å². The molecule has 2 N–H and O–H groups in total. The highest BCUT2D eigenvalue weighted by molar-refractivity contribution is 7.99. The Bertz CT molecular complexity index is 982. The van der Waals surface area contributed by atoms with Crippen LogP contribution >= 0.6 is 11.8 Å². The van der Waals surface area contributed by atoms with Gasteiger partial charge in [0.05, 0.1) is 23.9 Å². The number of hydrogen-bond donors (Lipinski definition) is 2. The maximum Gasteiger partial charge on any atom is 0.338 e. The van der Waals surface area contributed by atoms with E-state index in [9.17, 15) is 9.59 Å². The van der Waals surface area contributed by atoms with Crippen molar-refractivity contribution in [3.63, 3.8) is 0 Å². The zero-order chi connectivity index (χ0) is 22.5. The van der Waals surface area contributed by atoms with Gasteiger partial charge in [-0.3, -0.25) is 0 Å². The van der Waals surface area contributed by atoms with Crippen molar-refractivity contribution in [2.75, 3.05) is 12.4 Å². The first kappa shape index (κ1) is 22.9. The lowest BCUT2D eigenvalue weighted by Gasteiger charge is -2.29. The summed E-state index contributed by atoms with van der Waals surface area (Å²) in [6, 6.07) is 8.55. The highest BCUT2D eigenvalue weighted by atomic mass is 32.2. The third-order valence-corrected chi connectivity index (χ3v) is 6.10. The van der Waals surface area contributed by atoms with E-state index in [0.29, 0.717) is 22.9 Å². The number of imidazole rings is 1. The molecule has 8 heteroatoms. The summed E-state index contributed by atoms with van der Waals surface area (Å²) in [4.78, 5) is 30.0. The van der Waals surface area contributed by atoms with E-state index in [0.717, 1.165) is 28.7 Å². The third-order valence-electron chi connectivity index (χ3n) is 5.10. The Hall–Kier alpha value is -2.74. The van der Waals surface area contributed by atoms with Crippen LogP contribution in [0, 0.1) is 19.8 Å². The summed E-state index contributed by atoms with van der Waals surface area (Å²) >= 11 is 1.51. The first-order chi connectivity index (χ1) is 14.8.